The fourth-order valence-corrected chi connectivity index (χ4v) is 4.09. The normalized spacial score (nSPS) is 21.2. The van der Waals surface area contributed by atoms with Gasteiger partial charge in [0.2, 0.25) is 0 Å². The highest BCUT2D eigenvalue weighted by Gasteiger charge is 2.27. The summed E-state index contributed by atoms with van der Waals surface area (Å²) in [4.78, 5) is 8.83. The summed E-state index contributed by atoms with van der Waals surface area (Å²) in [6.07, 6.45) is 0.703. The molecule has 118 valence electrons. The summed E-state index contributed by atoms with van der Waals surface area (Å²) in [7, 11) is -2.85. The molecule has 8 heteroatoms. The van der Waals surface area contributed by atoms with Crippen LogP contribution >= 0.6 is 0 Å². The third kappa shape index (κ3) is 4.28. The minimum Gasteiger partial charge on any atom is -0.370 e. The van der Waals surface area contributed by atoms with Crippen LogP contribution in [0.5, 0.6) is 0 Å². The average Bonchev–Trinajstić information content (AvgIpc) is 2.74. The molecule has 1 saturated heterocycles. The van der Waals surface area contributed by atoms with Gasteiger partial charge in [0.1, 0.15) is 17.5 Å². The van der Waals surface area contributed by atoms with E-state index in [0.717, 1.165) is 0 Å². The second-order valence-electron chi connectivity index (χ2n) is 6.51. The first kappa shape index (κ1) is 16.0. The number of nitrogens with one attached hydrogen (secondary N) is 2. The van der Waals surface area contributed by atoms with Crippen molar-refractivity contribution in [3.8, 4) is 0 Å². The van der Waals surface area contributed by atoms with E-state index in [1.54, 1.807) is 6.07 Å². The van der Waals surface area contributed by atoms with Crippen LogP contribution in [0.1, 0.15) is 33.0 Å². The maximum Gasteiger partial charge on any atom is 0.150 e. The predicted octanol–water partition coefficient (Wildman–Crippen LogP) is 0.906. The molecule has 1 aliphatic rings. The Labute approximate surface area is 125 Å². The van der Waals surface area contributed by atoms with Crippen molar-refractivity contribution in [2.75, 3.05) is 28.8 Å². The van der Waals surface area contributed by atoms with Gasteiger partial charge in [-0.15, -0.1) is 0 Å². The van der Waals surface area contributed by atoms with Gasteiger partial charge in [0.05, 0.1) is 11.5 Å². The summed E-state index contributed by atoms with van der Waals surface area (Å²) in [5, 5.41) is 3.20. The molecule has 0 amide bonds. The van der Waals surface area contributed by atoms with Gasteiger partial charge < -0.3 is 10.7 Å². The Kier molecular flexibility index (Phi) is 4.38. The van der Waals surface area contributed by atoms with Crippen molar-refractivity contribution in [1.29, 1.82) is 0 Å². The zero-order valence-electron chi connectivity index (χ0n) is 12.7. The molecule has 0 radical (unpaired) electrons. The van der Waals surface area contributed by atoms with E-state index in [9.17, 15) is 8.42 Å². The van der Waals surface area contributed by atoms with E-state index in [-0.39, 0.29) is 22.8 Å². The lowest BCUT2D eigenvalue weighted by molar-refractivity contribution is 0.545. The predicted molar refractivity (Wildman–Crippen MR) is 83.8 cm³/mol. The van der Waals surface area contributed by atoms with Crippen molar-refractivity contribution in [2.24, 2.45) is 11.8 Å². The highest BCUT2D eigenvalue weighted by Crippen LogP contribution is 2.23. The summed E-state index contributed by atoms with van der Waals surface area (Å²) in [5.74, 6) is 7.98. The van der Waals surface area contributed by atoms with Gasteiger partial charge in [0.15, 0.2) is 9.84 Å². The zero-order chi connectivity index (χ0) is 15.7. The van der Waals surface area contributed by atoms with Gasteiger partial charge >= 0.3 is 0 Å². The number of hydrogen-bond donors (Lipinski definition) is 3. The van der Waals surface area contributed by atoms with Crippen molar-refractivity contribution in [3.63, 3.8) is 0 Å². The molecule has 1 unspecified atom stereocenters. The Morgan fingerprint density at radius 2 is 2.00 bits per heavy atom. The molecular weight excluding hydrogens is 290 g/mol. The lowest BCUT2D eigenvalue weighted by Crippen LogP contribution is -2.21. The number of hydrogen-bond acceptors (Lipinski definition) is 7. The maximum atomic E-state index is 11.5. The number of aromatic nitrogens is 2. The third-order valence-electron chi connectivity index (χ3n) is 3.44. The Bertz CT molecular complexity index is 609. The summed E-state index contributed by atoms with van der Waals surface area (Å²) in [5.41, 5.74) is 2.34. The van der Waals surface area contributed by atoms with E-state index in [4.69, 9.17) is 5.84 Å². The van der Waals surface area contributed by atoms with Gasteiger partial charge in [-0.25, -0.2) is 24.2 Å². The van der Waals surface area contributed by atoms with E-state index in [1.807, 2.05) is 20.8 Å². The first-order valence-electron chi connectivity index (χ1n) is 7.00. The standard InChI is InChI=1S/C13H23N5O2S/c1-13(2,3)12-16-10(6-11(17-12)18-14)15-7-9-4-5-21(19,20)8-9/h6,9H,4-5,7-8,14H2,1-3H3,(H2,15,16,17,18). The van der Waals surface area contributed by atoms with Gasteiger partial charge in [-0.1, -0.05) is 20.8 Å². The molecule has 1 atom stereocenters. The molecule has 2 heterocycles. The van der Waals surface area contributed by atoms with Crippen LogP contribution in [0.2, 0.25) is 0 Å². The molecule has 21 heavy (non-hydrogen) atoms. The number of anilines is 2. The van der Waals surface area contributed by atoms with Crippen LogP contribution in [-0.2, 0) is 15.3 Å². The van der Waals surface area contributed by atoms with Crippen molar-refractivity contribution in [3.05, 3.63) is 11.9 Å². The summed E-state index contributed by atoms with van der Waals surface area (Å²) < 4.78 is 22.9. The maximum absolute atomic E-state index is 11.5. The number of sulfone groups is 1. The monoisotopic (exact) mass is 313 g/mol. The second-order valence-corrected chi connectivity index (χ2v) is 8.74. The van der Waals surface area contributed by atoms with Crippen LogP contribution < -0.4 is 16.6 Å². The van der Waals surface area contributed by atoms with Crippen LogP contribution in [0.4, 0.5) is 11.6 Å². The van der Waals surface area contributed by atoms with Gasteiger partial charge in [-0.05, 0) is 12.3 Å². The van der Waals surface area contributed by atoms with E-state index in [2.05, 4.69) is 20.7 Å². The highest BCUT2D eigenvalue weighted by atomic mass is 32.2. The molecule has 1 fully saturated rings. The molecule has 0 aliphatic carbocycles. The summed E-state index contributed by atoms with van der Waals surface area (Å²) >= 11 is 0. The average molecular weight is 313 g/mol. The molecule has 1 aromatic heterocycles. The molecule has 0 spiro atoms. The SMILES string of the molecule is CC(C)(C)c1nc(NN)cc(NCC2CCS(=O)(=O)C2)n1. The van der Waals surface area contributed by atoms with E-state index >= 15 is 0 Å². The number of rotatable bonds is 4. The first-order valence-corrected chi connectivity index (χ1v) is 8.82. The second kappa shape index (κ2) is 5.76. The van der Waals surface area contributed by atoms with Crippen LogP contribution in [0.25, 0.3) is 0 Å². The topological polar surface area (TPSA) is 110 Å². The molecule has 0 aromatic carbocycles. The summed E-state index contributed by atoms with van der Waals surface area (Å²) in [6, 6.07) is 1.72. The molecule has 1 aliphatic heterocycles. The molecule has 7 nitrogen and oxygen atoms in total. The molecule has 1 aromatic rings. The van der Waals surface area contributed by atoms with Crippen LogP contribution in [0, 0.1) is 5.92 Å². The molecule has 0 bridgehead atoms. The Morgan fingerprint density at radius 3 is 2.52 bits per heavy atom. The van der Waals surface area contributed by atoms with Crippen LogP contribution in [0.15, 0.2) is 6.07 Å². The van der Waals surface area contributed by atoms with E-state index < -0.39 is 9.84 Å². The quantitative estimate of drug-likeness (QED) is 0.559. The van der Waals surface area contributed by atoms with Crippen molar-refractivity contribution >= 4 is 21.5 Å². The van der Waals surface area contributed by atoms with Gasteiger partial charge in [0.25, 0.3) is 0 Å². The minimum absolute atomic E-state index is 0.136. The van der Waals surface area contributed by atoms with Gasteiger partial charge in [-0.3, -0.25) is 0 Å². The lowest BCUT2D eigenvalue weighted by Gasteiger charge is -2.19. The largest absolute Gasteiger partial charge is 0.370 e. The first-order chi connectivity index (χ1) is 9.69. The molecule has 2 rings (SSSR count). The highest BCUT2D eigenvalue weighted by molar-refractivity contribution is 7.91. The fourth-order valence-electron chi connectivity index (χ4n) is 2.23. The molecule has 4 N–H and O–H groups in total. The van der Waals surface area contributed by atoms with Crippen molar-refractivity contribution < 1.29 is 8.42 Å². The number of nitrogens with zero attached hydrogens (tertiary/aromatic N) is 2. The van der Waals surface area contributed by atoms with E-state index in [0.29, 0.717) is 30.4 Å². The van der Waals surface area contributed by atoms with Gasteiger partial charge in [0, 0.05) is 18.0 Å². The Balaban J connectivity index is 2.09. The Hall–Kier alpha value is -1.41. The van der Waals surface area contributed by atoms with Crippen LogP contribution in [-0.4, -0.2) is 36.4 Å². The van der Waals surface area contributed by atoms with Gasteiger partial charge in [-0.2, -0.15) is 0 Å². The zero-order valence-corrected chi connectivity index (χ0v) is 13.5. The summed E-state index contributed by atoms with van der Waals surface area (Å²) in [6.45, 7) is 6.66. The lowest BCUT2D eigenvalue weighted by atomic mass is 9.96. The molecular formula is C13H23N5O2S. The fraction of sp³-hybridized carbons (Fsp3) is 0.692. The third-order valence-corrected chi connectivity index (χ3v) is 5.28. The Morgan fingerprint density at radius 1 is 1.33 bits per heavy atom. The number of nitrogens with two attached hydrogens (primary N) is 1. The minimum atomic E-state index is -2.85. The number of hydrazine groups is 1. The van der Waals surface area contributed by atoms with Crippen molar-refractivity contribution in [1.82, 2.24) is 9.97 Å². The molecule has 0 saturated carbocycles. The smallest absolute Gasteiger partial charge is 0.150 e. The van der Waals surface area contributed by atoms with E-state index in [1.165, 1.54) is 0 Å². The van der Waals surface area contributed by atoms with Crippen LogP contribution in [0.3, 0.4) is 0 Å². The van der Waals surface area contributed by atoms with Crippen molar-refractivity contribution in [2.45, 2.75) is 32.6 Å². The number of nitrogen functional groups attached to an aromatic ring is 1.